The normalized spacial score (nSPS) is 10.9. The standard InChI is InChI=1S/C33H39ClO7/c1-39-23-24-20-27(25-12-14-28(34)15-13-25)22-29(21-24)40-18-5-3-2-4-8-26-9-6-10-31(30(26)16-17-33(37)38)41-19-7-11-32(35)36/h6,9-10,12-15,20-22H,2-5,7-8,11,16-19,23H2,1H3,(H,35,36)(H,37,38). The van der Waals surface area contributed by atoms with Crippen molar-refractivity contribution in [2.45, 2.75) is 64.4 Å². The first-order valence-corrected chi connectivity index (χ1v) is 14.4. The van der Waals surface area contributed by atoms with Gasteiger partial charge in [0.1, 0.15) is 11.5 Å². The van der Waals surface area contributed by atoms with E-state index in [9.17, 15) is 14.7 Å². The highest BCUT2D eigenvalue weighted by atomic mass is 35.5. The molecule has 0 aliphatic rings. The Morgan fingerprint density at radius 1 is 0.756 bits per heavy atom. The highest BCUT2D eigenvalue weighted by Gasteiger charge is 2.12. The first-order valence-electron chi connectivity index (χ1n) is 14.0. The quantitative estimate of drug-likeness (QED) is 0.140. The second-order valence-electron chi connectivity index (χ2n) is 9.95. The van der Waals surface area contributed by atoms with E-state index in [0.717, 1.165) is 65.7 Å². The number of aryl methyl sites for hydroxylation is 1. The van der Waals surface area contributed by atoms with Crippen LogP contribution in [0, 0.1) is 0 Å². The summed E-state index contributed by atoms with van der Waals surface area (Å²) in [6.45, 7) is 1.40. The van der Waals surface area contributed by atoms with Gasteiger partial charge < -0.3 is 24.4 Å². The summed E-state index contributed by atoms with van der Waals surface area (Å²) in [7, 11) is 1.68. The van der Waals surface area contributed by atoms with Gasteiger partial charge in [-0.2, -0.15) is 0 Å². The molecule has 0 unspecified atom stereocenters. The summed E-state index contributed by atoms with van der Waals surface area (Å²) in [5.41, 5.74) is 5.15. The number of carbonyl (C=O) groups is 2. The van der Waals surface area contributed by atoms with E-state index in [-0.39, 0.29) is 19.4 Å². The maximum Gasteiger partial charge on any atom is 0.303 e. The van der Waals surface area contributed by atoms with Gasteiger partial charge in [0.05, 0.1) is 19.8 Å². The number of hydrogen-bond acceptors (Lipinski definition) is 5. The minimum absolute atomic E-state index is 0.0190. The fourth-order valence-electron chi connectivity index (χ4n) is 4.67. The van der Waals surface area contributed by atoms with Crippen LogP contribution in [0.5, 0.6) is 11.5 Å². The minimum Gasteiger partial charge on any atom is -0.494 e. The van der Waals surface area contributed by atoms with Crippen molar-refractivity contribution in [2.24, 2.45) is 0 Å². The third kappa shape index (κ3) is 11.5. The van der Waals surface area contributed by atoms with Crippen LogP contribution in [0.1, 0.15) is 61.6 Å². The summed E-state index contributed by atoms with van der Waals surface area (Å²) in [6, 6.07) is 19.7. The van der Waals surface area contributed by atoms with Gasteiger partial charge in [0.15, 0.2) is 0 Å². The predicted octanol–water partition coefficient (Wildman–Crippen LogP) is 7.60. The molecule has 0 radical (unpaired) electrons. The Kier molecular flexibility index (Phi) is 13.5. The number of methoxy groups -OCH3 is 1. The molecule has 0 heterocycles. The zero-order valence-electron chi connectivity index (χ0n) is 23.6. The maximum absolute atomic E-state index is 11.2. The first-order chi connectivity index (χ1) is 19.9. The number of aliphatic carboxylic acids is 2. The molecule has 0 saturated carbocycles. The third-order valence-corrected chi connectivity index (χ3v) is 6.93. The lowest BCUT2D eigenvalue weighted by Gasteiger charge is -2.15. The van der Waals surface area contributed by atoms with Crippen molar-refractivity contribution in [2.75, 3.05) is 20.3 Å². The van der Waals surface area contributed by atoms with E-state index in [0.29, 0.717) is 36.8 Å². The lowest BCUT2D eigenvalue weighted by Crippen LogP contribution is -2.07. The van der Waals surface area contributed by atoms with Crippen molar-refractivity contribution >= 4 is 23.5 Å². The fourth-order valence-corrected chi connectivity index (χ4v) is 4.79. The van der Waals surface area contributed by atoms with Crippen molar-refractivity contribution in [1.29, 1.82) is 0 Å². The molecular weight excluding hydrogens is 544 g/mol. The average Bonchev–Trinajstić information content (AvgIpc) is 2.94. The van der Waals surface area contributed by atoms with E-state index in [1.54, 1.807) is 7.11 Å². The van der Waals surface area contributed by atoms with Gasteiger partial charge in [0.25, 0.3) is 0 Å². The molecule has 0 bridgehead atoms. The van der Waals surface area contributed by atoms with E-state index in [4.69, 9.17) is 30.9 Å². The number of ether oxygens (including phenoxy) is 3. The van der Waals surface area contributed by atoms with Gasteiger partial charge in [-0.1, -0.05) is 48.7 Å². The van der Waals surface area contributed by atoms with Gasteiger partial charge in [-0.25, -0.2) is 0 Å². The van der Waals surface area contributed by atoms with Crippen molar-refractivity contribution in [1.82, 2.24) is 0 Å². The summed E-state index contributed by atoms with van der Waals surface area (Å²) >= 11 is 6.05. The zero-order valence-corrected chi connectivity index (χ0v) is 24.3. The van der Waals surface area contributed by atoms with Gasteiger partial charge in [0.2, 0.25) is 0 Å². The van der Waals surface area contributed by atoms with Crippen molar-refractivity contribution in [3.05, 3.63) is 82.4 Å². The number of carboxylic acid groups (broad SMARTS) is 2. The van der Waals surface area contributed by atoms with Crippen LogP contribution in [0.25, 0.3) is 11.1 Å². The van der Waals surface area contributed by atoms with Crippen LogP contribution in [0.3, 0.4) is 0 Å². The minimum atomic E-state index is -0.860. The molecule has 2 N–H and O–H groups in total. The Balaban J connectivity index is 1.49. The molecule has 41 heavy (non-hydrogen) atoms. The highest BCUT2D eigenvalue weighted by molar-refractivity contribution is 6.30. The summed E-state index contributed by atoms with van der Waals surface area (Å²) in [4.78, 5) is 22.0. The fraction of sp³-hybridized carbons (Fsp3) is 0.394. The summed E-state index contributed by atoms with van der Waals surface area (Å²) in [6.07, 6.45) is 5.58. The van der Waals surface area contributed by atoms with Crippen LogP contribution in [0.2, 0.25) is 5.02 Å². The van der Waals surface area contributed by atoms with Crippen LogP contribution in [0.4, 0.5) is 0 Å². The van der Waals surface area contributed by atoms with Gasteiger partial charge in [0, 0.05) is 25.0 Å². The Morgan fingerprint density at radius 2 is 1.49 bits per heavy atom. The number of unbranched alkanes of at least 4 members (excludes halogenated alkanes) is 3. The molecule has 8 heteroatoms. The van der Waals surface area contributed by atoms with E-state index in [1.807, 2.05) is 54.6 Å². The average molecular weight is 583 g/mol. The molecule has 0 fully saturated rings. The number of hydrogen-bond donors (Lipinski definition) is 2. The summed E-state index contributed by atoms with van der Waals surface area (Å²) < 4.78 is 17.3. The number of carboxylic acids is 2. The monoisotopic (exact) mass is 582 g/mol. The second kappa shape index (κ2) is 17.3. The van der Waals surface area contributed by atoms with Crippen molar-refractivity contribution < 1.29 is 34.0 Å². The molecule has 7 nitrogen and oxygen atoms in total. The maximum atomic E-state index is 11.2. The van der Waals surface area contributed by atoms with Crippen LogP contribution in [0.15, 0.2) is 60.7 Å². The van der Waals surface area contributed by atoms with Crippen molar-refractivity contribution in [3.8, 4) is 22.6 Å². The molecule has 3 aromatic rings. The van der Waals surface area contributed by atoms with E-state index in [2.05, 4.69) is 6.07 Å². The Hall–Kier alpha value is -3.55. The van der Waals surface area contributed by atoms with E-state index >= 15 is 0 Å². The Bertz CT molecular complexity index is 1260. The molecule has 0 amide bonds. The number of rotatable bonds is 19. The molecule has 0 spiro atoms. The largest absolute Gasteiger partial charge is 0.494 e. The summed E-state index contributed by atoms with van der Waals surface area (Å²) in [5.74, 6) is -0.255. The molecule has 0 atom stereocenters. The molecule has 0 aromatic heterocycles. The first kappa shape index (κ1) is 32.0. The molecular formula is C33H39ClO7. The SMILES string of the molecule is COCc1cc(OCCCCCCc2cccc(OCCCC(=O)O)c2CCC(=O)O)cc(-c2ccc(Cl)cc2)c1. The van der Waals surface area contributed by atoms with Crippen LogP contribution < -0.4 is 9.47 Å². The van der Waals surface area contributed by atoms with E-state index in [1.165, 1.54) is 0 Å². The van der Waals surface area contributed by atoms with Crippen molar-refractivity contribution in [3.63, 3.8) is 0 Å². The summed E-state index contributed by atoms with van der Waals surface area (Å²) in [5, 5.41) is 18.7. The Morgan fingerprint density at radius 3 is 2.22 bits per heavy atom. The van der Waals surface area contributed by atoms with Gasteiger partial charge >= 0.3 is 11.9 Å². The highest BCUT2D eigenvalue weighted by Crippen LogP contribution is 2.29. The zero-order chi connectivity index (χ0) is 29.5. The van der Waals surface area contributed by atoms with Gasteiger partial charge in [-0.3, -0.25) is 9.59 Å². The predicted molar refractivity (Wildman–Crippen MR) is 160 cm³/mol. The van der Waals surface area contributed by atoms with E-state index < -0.39 is 11.9 Å². The topological polar surface area (TPSA) is 102 Å². The second-order valence-corrected chi connectivity index (χ2v) is 10.4. The van der Waals surface area contributed by atoms with Gasteiger partial charge in [-0.15, -0.1) is 0 Å². The smallest absolute Gasteiger partial charge is 0.303 e. The Labute approximate surface area is 247 Å². The molecule has 3 aromatic carbocycles. The van der Waals surface area contributed by atoms with Gasteiger partial charge in [-0.05, 0) is 96.3 Å². The van der Waals surface area contributed by atoms with Crippen LogP contribution in [-0.4, -0.2) is 42.5 Å². The molecule has 220 valence electrons. The lowest BCUT2D eigenvalue weighted by atomic mass is 9.97. The number of halogens is 1. The molecule has 0 aliphatic heterocycles. The molecule has 0 aliphatic carbocycles. The number of benzene rings is 3. The third-order valence-electron chi connectivity index (χ3n) is 6.68. The molecule has 0 saturated heterocycles. The lowest BCUT2D eigenvalue weighted by molar-refractivity contribution is -0.138. The van der Waals surface area contributed by atoms with Crippen LogP contribution >= 0.6 is 11.6 Å². The van der Waals surface area contributed by atoms with Crippen LogP contribution in [-0.2, 0) is 33.8 Å². The molecule has 3 rings (SSSR count).